The van der Waals surface area contributed by atoms with Crippen molar-refractivity contribution in [2.24, 2.45) is 0 Å². The maximum absolute atomic E-state index is 13.2. The summed E-state index contributed by atoms with van der Waals surface area (Å²) in [4.78, 5) is 18.7. The number of aryl methyl sites for hydroxylation is 3. The van der Waals surface area contributed by atoms with Gasteiger partial charge in [0.15, 0.2) is 5.82 Å². The van der Waals surface area contributed by atoms with Crippen molar-refractivity contribution in [2.45, 2.75) is 86.0 Å². The molecule has 0 radical (unpaired) electrons. The molecule has 1 atom stereocenters. The smallest absolute Gasteiger partial charge is 0.252 e. The average Bonchev–Trinajstić information content (AvgIpc) is 3.32. The van der Waals surface area contributed by atoms with Crippen molar-refractivity contribution < 1.29 is 0 Å². The first-order valence-corrected chi connectivity index (χ1v) is 12.8. The number of benzene rings is 2. The van der Waals surface area contributed by atoms with Gasteiger partial charge in [-0.25, -0.2) is 4.68 Å². The Morgan fingerprint density at radius 2 is 1.72 bits per heavy atom. The molecule has 0 saturated carbocycles. The second-order valence-electron chi connectivity index (χ2n) is 10.6. The van der Waals surface area contributed by atoms with E-state index in [-0.39, 0.29) is 17.1 Å². The van der Waals surface area contributed by atoms with Crippen LogP contribution in [0.1, 0.15) is 80.2 Å². The van der Waals surface area contributed by atoms with Gasteiger partial charge in [0.1, 0.15) is 0 Å². The molecule has 0 bridgehead atoms. The summed E-state index contributed by atoms with van der Waals surface area (Å²) in [6.07, 6.45) is 1.72. The zero-order chi connectivity index (χ0) is 26.0. The van der Waals surface area contributed by atoms with Crippen molar-refractivity contribution in [1.82, 2.24) is 30.1 Å². The van der Waals surface area contributed by atoms with Crippen LogP contribution >= 0.6 is 0 Å². The molecule has 190 valence electrons. The fourth-order valence-corrected chi connectivity index (χ4v) is 4.86. The van der Waals surface area contributed by atoms with E-state index in [9.17, 15) is 4.79 Å². The summed E-state index contributed by atoms with van der Waals surface area (Å²) in [5, 5.41) is 14.0. The van der Waals surface area contributed by atoms with E-state index in [0.29, 0.717) is 13.1 Å². The quantitative estimate of drug-likeness (QED) is 0.326. The Bertz CT molecular complexity index is 1400. The Labute approximate surface area is 213 Å². The van der Waals surface area contributed by atoms with Crippen molar-refractivity contribution in [2.75, 3.05) is 0 Å². The number of aromatic nitrogens is 5. The van der Waals surface area contributed by atoms with Crippen LogP contribution in [0.5, 0.6) is 0 Å². The van der Waals surface area contributed by atoms with Gasteiger partial charge in [-0.2, -0.15) is 0 Å². The van der Waals surface area contributed by atoms with Crippen molar-refractivity contribution >= 4 is 10.9 Å². The average molecular weight is 487 g/mol. The van der Waals surface area contributed by atoms with E-state index in [2.05, 4.69) is 103 Å². The topological polar surface area (TPSA) is 79.7 Å². The zero-order valence-corrected chi connectivity index (χ0v) is 22.6. The standard InChI is InChI=1S/C29H38N6O/c1-8-25(27-31-32-33-35(27)29(6,7)9-2)34(17-22-12-10-19(3)11-13-22)18-24-16-23-15-20(4)14-21(5)26(23)30-28(24)36/h10-16,25H,8-9,17-18H2,1-7H3,(H,30,36). The van der Waals surface area contributed by atoms with E-state index in [1.54, 1.807) is 0 Å². The largest absolute Gasteiger partial charge is 0.321 e. The molecule has 2 aromatic heterocycles. The Morgan fingerprint density at radius 3 is 2.39 bits per heavy atom. The highest BCUT2D eigenvalue weighted by Crippen LogP contribution is 2.30. The number of H-pyrrole nitrogens is 1. The molecule has 7 nitrogen and oxygen atoms in total. The Kier molecular flexibility index (Phi) is 7.41. The van der Waals surface area contributed by atoms with Gasteiger partial charge in [0.25, 0.3) is 5.56 Å². The summed E-state index contributed by atoms with van der Waals surface area (Å²) < 4.78 is 1.96. The summed E-state index contributed by atoms with van der Waals surface area (Å²) in [6.45, 7) is 16.0. The molecular formula is C29H38N6O. The maximum atomic E-state index is 13.2. The Morgan fingerprint density at radius 1 is 1.00 bits per heavy atom. The fourth-order valence-electron chi connectivity index (χ4n) is 4.86. The Hall–Kier alpha value is -3.32. The molecule has 1 unspecified atom stereocenters. The van der Waals surface area contributed by atoms with Gasteiger partial charge in [0, 0.05) is 18.7 Å². The number of pyridine rings is 1. The SMILES string of the molecule is CCC(c1nnnn1C(C)(C)CC)N(Cc1ccc(C)cc1)Cc1cc2cc(C)cc(C)c2[nH]c1=O. The predicted octanol–water partition coefficient (Wildman–Crippen LogP) is 5.74. The van der Waals surface area contributed by atoms with Gasteiger partial charge in [-0.05, 0) is 86.5 Å². The highest BCUT2D eigenvalue weighted by molar-refractivity contribution is 5.82. The molecule has 0 aliphatic carbocycles. The minimum atomic E-state index is -0.211. The molecule has 36 heavy (non-hydrogen) atoms. The zero-order valence-electron chi connectivity index (χ0n) is 22.6. The van der Waals surface area contributed by atoms with Crippen LogP contribution in [0.2, 0.25) is 0 Å². The molecule has 4 aromatic rings. The van der Waals surface area contributed by atoms with Gasteiger partial charge in [-0.3, -0.25) is 9.69 Å². The minimum Gasteiger partial charge on any atom is -0.321 e. The van der Waals surface area contributed by atoms with Crippen molar-refractivity contribution in [1.29, 1.82) is 0 Å². The highest BCUT2D eigenvalue weighted by Gasteiger charge is 2.31. The van der Waals surface area contributed by atoms with E-state index in [4.69, 9.17) is 0 Å². The van der Waals surface area contributed by atoms with Crippen LogP contribution in [-0.4, -0.2) is 30.1 Å². The van der Waals surface area contributed by atoms with E-state index < -0.39 is 0 Å². The van der Waals surface area contributed by atoms with Crippen molar-refractivity contribution in [3.63, 3.8) is 0 Å². The van der Waals surface area contributed by atoms with E-state index in [1.165, 1.54) is 16.7 Å². The summed E-state index contributed by atoms with van der Waals surface area (Å²) in [6, 6.07) is 14.8. The maximum Gasteiger partial charge on any atom is 0.252 e. The Balaban J connectivity index is 1.79. The van der Waals surface area contributed by atoms with Crippen LogP contribution in [0.4, 0.5) is 0 Å². The van der Waals surface area contributed by atoms with Crippen LogP contribution in [0, 0.1) is 20.8 Å². The monoisotopic (exact) mass is 486 g/mol. The molecule has 0 amide bonds. The van der Waals surface area contributed by atoms with Crippen LogP contribution in [0.25, 0.3) is 10.9 Å². The summed E-state index contributed by atoms with van der Waals surface area (Å²) in [7, 11) is 0. The van der Waals surface area contributed by atoms with Gasteiger partial charge in [-0.15, -0.1) is 5.10 Å². The first-order chi connectivity index (χ1) is 17.1. The van der Waals surface area contributed by atoms with Crippen LogP contribution < -0.4 is 5.56 Å². The predicted molar refractivity (Wildman–Crippen MR) is 145 cm³/mol. The lowest BCUT2D eigenvalue weighted by Crippen LogP contribution is -2.36. The van der Waals surface area contributed by atoms with Gasteiger partial charge in [0.05, 0.1) is 17.1 Å². The molecular weight excluding hydrogens is 448 g/mol. The van der Waals surface area contributed by atoms with Crippen LogP contribution in [0.3, 0.4) is 0 Å². The molecule has 7 heteroatoms. The number of hydrogen-bond donors (Lipinski definition) is 1. The van der Waals surface area contributed by atoms with Crippen LogP contribution in [-0.2, 0) is 18.6 Å². The molecule has 4 rings (SSSR count). The summed E-state index contributed by atoms with van der Waals surface area (Å²) in [5.41, 5.74) is 6.06. The van der Waals surface area contributed by atoms with E-state index >= 15 is 0 Å². The number of fused-ring (bicyclic) bond motifs is 1. The summed E-state index contributed by atoms with van der Waals surface area (Å²) in [5.74, 6) is 0.834. The number of rotatable bonds is 9. The lowest BCUT2D eigenvalue weighted by molar-refractivity contribution is 0.150. The highest BCUT2D eigenvalue weighted by atomic mass is 16.1. The molecule has 0 fully saturated rings. The second kappa shape index (κ2) is 10.3. The number of tetrazole rings is 1. The molecule has 1 N–H and O–H groups in total. The molecule has 0 aliphatic heterocycles. The first kappa shape index (κ1) is 25.8. The lowest BCUT2D eigenvalue weighted by Gasteiger charge is -2.33. The molecule has 0 spiro atoms. The van der Waals surface area contributed by atoms with E-state index in [0.717, 1.165) is 40.7 Å². The minimum absolute atomic E-state index is 0.0494. The third-order valence-corrected chi connectivity index (χ3v) is 7.31. The van der Waals surface area contributed by atoms with Crippen molar-refractivity contribution in [3.8, 4) is 0 Å². The van der Waals surface area contributed by atoms with Gasteiger partial charge in [0.2, 0.25) is 0 Å². The number of nitrogens with one attached hydrogen (secondary N) is 1. The third-order valence-electron chi connectivity index (χ3n) is 7.31. The number of aromatic amines is 1. The lowest BCUT2D eigenvalue weighted by atomic mass is 10.0. The molecule has 2 heterocycles. The number of hydrogen-bond acceptors (Lipinski definition) is 5. The van der Waals surface area contributed by atoms with Gasteiger partial charge >= 0.3 is 0 Å². The molecule has 0 saturated heterocycles. The third kappa shape index (κ3) is 5.26. The summed E-state index contributed by atoms with van der Waals surface area (Å²) >= 11 is 0. The fraction of sp³-hybridized carbons (Fsp3) is 0.448. The van der Waals surface area contributed by atoms with E-state index in [1.807, 2.05) is 17.7 Å². The number of nitrogens with zero attached hydrogens (tertiary/aromatic N) is 5. The molecule has 2 aromatic carbocycles. The van der Waals surface area contributed by atoms with Gasteiger partial charge in [-0.1, -0.05) is 55.3 Å². The first-order valence-electron chi connectivity index (χ1n) is 12.8. The molecule has 0 aliphatic rings. The second-order valence-corrected chi connectivity index (χ2v) is 10.6. The van der Waals surface area contributed by atoms with Crippen LogP contribution in [0.15, 0.2) is 47.3 Å². The normalized spacial score (nSPS) is 13.0. The van der Waals surface area contributed by atoms with Crippen molar-refractivity contribution in [3.05, 3.63) is 86.5 Å². The van der Waals surface area contributed by atoms with Gasteiger partial charge < -0.3 is 4.98 Å².